The van der Waals surface area contributed by atoms with Gasteiger partial charge < -0.3 is 9.88 Å². The monoisotopic (exact) mass is 325 g/mol. The van der Waals surface area contributed by atoms with Crippen LogP contribution in [0.15, 0.2) is 17.0 Å². The minimum absolute atomic E-state index is 0.239. The van der Waals surface area contributed by atoms with Crippen molar-refractivity contribution in [3.8, 4) is 0 Å². The number of nitrogens with zero attached hydrogens (tertiary/aromatic N) is 4. The molecule has 0 radical (unpaired) electrons. The molecule has 2 heterocycles. The maximum absolute atomic E-state index is 4.45. The largest absolute Gasteiger partial charge is 0.336 e. The quantitative estimate of drug-likeness (QED) is 0.916. The van der Waals surface area contributed by atoms with E-state index in [1.54, 1.807) is 0 Å². The zero-order valence-corrected chi connectivity index (χ0v) is 13.4. The van der Waals surface area contributed by atoms with Crippen molar-refractivity contribution in [2.24, 2.45) is 14.1 Å². The van der Waals surface area contributed by atoms with Gasteiger partial charge in [-0.15, -0.1) is 0 Å². The Bertz CT molecular complexity index is 557. The summed E-state index contributed by atoms with van der Waals surface area (Å²) in [6, 6.07) is 0.239. The van der Waals surface area contributed by atoms with Crippen LogP contribution in [0.4, 0.5) is 0 Å². The molecule has 0 fully saturated rings. The van der Waals surface area contributed by atoms with Crippen LogP contribution >= 0.6 is 15.9 Å². The molecule has 0 spiro atoms. The summed E-state index contributed by atoms with van der Waals surface area (Å²) in [5.74, 6) is 0. The molecule has 2 rings (SSSR count). The SMILES string of the molecule is CCNC(Cc1c(Br)c(C)nn1C)c1cncn1C. The Morgan fingerprint density at radius 2 is 2.16 bits per heavy atom. The number of nitrogens with one attached hydrogen (secondary N) is 1. The smallest absolute Gasteiger partial charge is 0.0946 e. The molecule has 0 aliphatic heterocycles. The topological polar surface area (TPSA) is 47.7 Å². The number of hydrogen-bond acceptors (Lipinski definition) is 3. The van der Waals surface area contributed by atoms with Crippen molar-refractivity contribution in [2.45, 2.75) is 26.3 Å². The highest BCUT2D eigenvalue weighted by Crippen LogP contribution is 2.25. The van der Waals surface area contributed by atoms with Crippen LogP contribution in [0.25, 0.3) is 0 Å². The number of aryl methyl sites for hydroxylation is 3. The zero-order chi connectivity index (χ0) is 14.0. The first-order valence-corrected chi connectivity index (χ1v) is 7.21. The van der Waals surface area contributed by atoms with Gasteiger partial charge in [-0.05, 0) is 29.4 Å². The van der Waals surface area contributed by atoms with E-state index >= 15 is 0 Å². The molecular formula is C13H20BrN5. The summed E-state index contributed by atoms with van der Waals surface area (Å²) >= 11 is 3.63. The molecular weight excluding hydrogens is 306 g/mol. The fraction of sp³-hybridized carbons (Fsp3) is 0.538. The van der Waals surface area contributed by atoms with Gasteiger partial charge in [-0.25, -0.2) is 4.98 Å². The van der Waals surface area contributed by atoms with Crippen molar-refractivity contribution in [3.05, 3.63) is 34.1 Å². The van der Waals surface area contributed by atoms with Crippen LogP contribution in [0.1, 0.15) is 30.0 Å². The van der Waals surface area contributed by atoms with Gasteiger partial charge in [-0.1, -0.05) is 6.92 Å². The summed E-state index contributed by atoms with van der Waals surface area (Å²) in [7, 11) is 4.01. The van der Waals surface area contributed by atoms with Crippen molar-refractivity contribution in [1.29, 1.82) is 0 Å². The number of rotatable bonds is 5. The molecule has 1 N–H and O–H groups in total. The number of hydrogen-bond donors (Lipinski definition) is 1. The van der Waals surface area contributed by atoms with Crippen LogP contribution in [-0.4, -0.2) is 25.9 Å². The molecule has 0 aliphatic carbocycles. The second-order valence-corrected chi connectivity index (χ2v) is 5.51. The van der Waals surface area contributed by atoms with Crippen LogP contribution in [-0.2, 0) is 20.5 Å². The summed E-state index contributed by atoms with van der Waals surface area (Å²) in [6.45, 7) is 5.05. The average Bonchev–Trinajstić information content (AvgIpc) is 2.88. The highest BCUT2D eigenvalue weighted by atomic mass is 79.9. The maximum Gasteiger partial charge on any atom is 0.0946 e. The molecule has 2 aromatic rings. The van der Waals surface area contributed by atoms with Gasteiger partial charge in [0.25, 0.3) is 0 Å². The molecule has 1 atom stereocenters. The van der Waals surface area contributed by atoms with Crippen LogP contribution in [0.5, 0.6) is 0 Å². The van der Waals surface area contributed by atoms with E-state index in [1.165, 1.54) is 11.4 Å². The van der Waals surface area contributed by atoms with Crippen molar-refractivity contribution < 1.29 is 0 Å². The zero-order valence-electron chi connectivity index (χ0n) is 11.8. The number of halogens is 1. The Morgan fingerprint density at radius 1 is 1.42 bits per heavy atom. The van der Waals surface area contributed by atoms with E-state index in [0.717, 1.165) is 23.1 Å². The van der Waals surface area contributed by atoms with Crippen LogP contribution in [0.3, 0.4) is 0 Å². The highest BCUT2D eigenvalue weighted by Gasteiger charge is 2.19. The Kier molecular flexibility index (Phi) is 4.42. The third kappa shape index (κ3) is 2.90. The Hall–Kier alpha value is -1.14. The first-order valence-electron chi connectivity index (χ1n) is 6.42. The highest BCUT2D eigenvalue weighted by molar-refractivity contribution is 9.10. The van der Waals surface area contributed by atoms with Crippen molar-refractivity contribution in [3.63, 3.8) is 0 Å². The van der Waals surface area contributed by atoms with Crippen LogP contribution in [0, 0.1) is 6.92 Å². The summed E-state index contributed by atoms with van der Waals surface area (Å²) < 4.78 is 5.10. The molecule has 0 saturated carbocycles. The van der Waals surface area contributed by atoms with Gasteiger partial charge in [0.15, 0.2) is 0 Å². The Balaban J connectivity index is 2.29. The second kappa shape index (κ2) is 5.88. The lowest BCUT2D eigenvalue weighted by Gasteiger charge is -2.18. The fourth-order valence-electron chi connectivity index (χ4n) is 2.33. The van der Waals surface area contributed by atoms with Crippen molar-refractivity contribution in [1.82, 2.24) is 24.6 Å². The van der Waals surface area contributed by atoms with Gasteiger partial charge >= 0.3 is 0 Å². The molecule has 0 aromatic carbocycles. The van der Waals surface area contributed by atoms with E-state index < -0.39 is 0 Å². The third-order valence-electron chi connectivity index (χ3n) is 3.32. The molecule has 2 aromatic heterocycles. The first kappa shape index (κ1) is 14.3. The molecule has 0 bridgehead atoms. The fourth-order valence-corrected chi connectivity index (χ4v) is 2.82. The Labute approximate surface area is 122 Å². The van der Waals surface area contributed by atoms with E-state index in [1.807, 2.05) is 38.2 Å². The average molecular weight is 326 g/mol. The molecule has 6 heteroatoms. The summed E-state index contributed by atoms with van der Waals surface area (Å²) in [4.78, 5) is 4.21. The molecule has 0 aliphatic rings. The van der Waals surface area contributed by atoms with Crippen molar-refractivity contribution >= 4 is 15.9 Å². The minimum atomic E-state index is 0.239. The predicted molar refractivity (Wildman–Crippen MR) is 79.0 cm³/mol. The summed E-state index contributed by atoms with van der Waals surface area (Å²) in [6.07, 6.45) is 4.64. The van der Waals surface area contributed by atoms with E-state index in [4.69, 9.17) is 0 Å². The number of likely N-dealkylation sites (N-methyl/N-ethyl adjacent to an activating group) is 1. The number of aromatic nitrogens is 4. The van der Waals surface area contributed by atoms with E-state index in [0.29, 0.717) is 0 Å². The molecule has 0 saturated heterocycles. The van der Waals surface area contributed by atoms with Crippen molar-refractivity contribution in [2.75, 3.05) is 6.54 Å². The molecule has 0 amide bonds. The van der Waals surface area contributed by atoms with Gasteiger partial charge in [0, 0.05) is 26.7 Å². The van der Waals surface area contributed by atoms with E-state index in [2.05, 4.69) is 42.8 Å². The summed E-state index contributed by atoms with van der Waals surface area (Å²) in [5.41, 5.74) is 3.41. The van der Waals surface area contributed by atoms with Gasteiger partial charge in [0.1, 0.15) is 0 Å². The molecule has 5 nitrogen and oxygen atoms in total. The summed E-state index contributed by atoms with van der Waals surface area (Å²) in [5, 5.41) is 7.96. The first-order chi connectivity index (χ1) is 9.04. The van der Waals surface area contributed by atoms with Gasteiger partial charge in [0.2, 0.25) is 0 Å². The molecule has 104 valence electrons. The lowest BCUT2D eigenvalue weighted by Crippen LogP contribution is -2.25. The second-order valence-electron chi connectivity index (χ2n) is 4.71. The van der Waals surface area contributed by atoms with Crippen LogP contribution in [0.2, 0.25) is 0 Å². The molecule has 1 unspecified atom stereocenters. The molecule has 19 heavy (non-hydrogen) atoms. The van der Waals surface area contributed by atoms with Gasteiger partial charge in [0.05, 0.1) is 33.9 Å². The minimum Gasteiger partial charge on any atom is -0.336 e. The lowest BCUT2D eigenvalue weighted by molar-refractivity contribution is 0.503. The van der Waals surface area contributed by atoms with Gasteiger partial charge in [-0.2, -0.15) is 5.10 Å². The number of imidazole rings is 1. The Morgan fingerprint density at radius 3 is 2.63 bits per heavy atom. The van der Waals surface area contributed by atoms with E-state index in [-0.39, 0.29) is 6.04 Å². The standard InChI is InChI=1S/C13H20BrN5/c1-5-16-10(12-7-15-8-18(12)3)6-11-13(14)9(2)17-19(11)4/h7-8,10,16H,5-6H2,1-4H3. The predicted octanol–water partition coefficient (Wildman–Crippen LogP) is 2.12. The third-order valence-corrected chi connectivity index (χ3v) is 4.35. The van der Waals surface area contributed by atoms with Crippen LogP contribution < -0.4 is 5.32 Å². The normalized spacial score (nSPS) is 12.9. The maximum atomic E-state index is 4.45. The lowest BCUT2D eigenvalue weighted by atomic mass is 10.1. The van der Waals surface area contributed by atoms with E-state index in [9.17, 15) is 0 Å². The van der Waals surface area contributed by atoms with Gasteiger partial charge in [-0.3, -0.25) is 4.68 Å².